The molecule has 1 saturated heterocycles. The molecule has 1 amide bonds. The maximum Gasteiger partial charge on any atom is 0.241 e. The number of carbonyl (C=O) groups is 1. The molecule has 0 aromatic heterocycles. The van der Waals surface area contributed by atoms with Gasteiger partial charge in [0.05, 0.1) is 12.6 Å². The smallest absolute Gasteiger partial charge is 0.241 e. The molecular weight excluding hydrogens is 292 g/mol. The molecule has 0 bridgehead atoms. The van der Waals surface area contributed by atoms with Crippen molar-refractivity contribution in [3.05, 3.63) is 29.3 Å². The number of rotatable bonds is 7. The number of nitrogens with one attached hydrogen (secondary N) is 1. The molecule has 2 rings (SSSR count). The predicted molar refractivity (Wildman–Crippen MR) is 91.7 cm³/mol. The summed E-state index contributed by atoms with van der Waals surface area (Å²) in [5.41, 5.74) is 3.38. The van der Waals surface area contributed by atoms with E-state index in [-0.39, 0.29) is 18.6 Å². The second kappa shape index (κ2) is 8.89. The van der Waals surface area contributed by atoms with Gasteiger partial charge in [-0.05, 0) is 44.2 Å². The molecule has 0 saturated carbocycles. The monoisotopic (exact) mass is 320 g/mol. The Hall–Kier alpha value is -1.59. The molecule has 0 aliphatic carbocycles. The topological polar surface area (TPSA) is 61.8 Å². The number of likely N-dealkylation sites (tertiary alicyclic amines) is 1. The lowest BCUT2D eigenvalue weighted by Gasteiger charge is -2.32. The SMILES string of the molecule is Cc1cccc(C)c1NCC(=O)N1CCC(OCCCO)CC1. The van der Waals surface area contributed by atoms with E-state index in [4.69, 9.17) is 9.84 Å². The molecule has 0 unspecified atom stereocenters. The number of aryl methyl sites for hydroxylation is 2. The quantitative estimate of drug-likeness (QED) is 0.755. The van der Waals surface area contributed by atoms with E-state index in [2.05, 4.69) is 31.3 Å². The fourth-order valence-corrected chi connectivity index (χ4v) is 2.96. The summed E-state index contributed by atoms with van der Waals surface area (Å²) in [7, 11) is 0. The van der Waals surface area contributed by atoms with Crippen LogP contribution in [-0.4, -0.2) is 54.9 Å². The highest BCUT2D eigenvalue weighted by molar-refractivity contribution is 5.81. The zero-order valence-corrected chi connectivity index (χ0v) is 14.2. The lowest BCUT2D eigenvalue weighted by Crippen LogP contribution is -2.43. The van der Waals surface area contributed by atoms with Crippen molar-refractivity contribution in [1.82, 2.24) is 4.90 Å². The van der Waals surface area contributed by atoms with Gasteiger partial charge in [0, 0.05) is 32.0 Å². The van der Waals surface area contributed by atoms with Crippen LogP contribution in [0, 0.1) is 13.8 Å². The molecule has 0 spiro atoms. The predicted octanol–water partition coefficient (Wildman–Crippen LogP) is 2.11. The van der Waals surface area contributed by atoms with Gasteiger partial charge in [-0.1, -0.05) is 18.2 Å². The number of nitrogens with zero attached hydrogens (tertiary/aromatic N) is 1. The van der Waals surface area contributed by atoms with Crippen LogP contribution in [0.3, 0.4) is 0 Å². The van der Waals surface area contributed by atoms with Crippen LogP contribution in [0.1, 0.15) is 30.4 Å². The number of aliphatic hydroxyl groups is 1. The summed E-state index contributed by atoms with van der Waals surface area (Å²) in [5.74, 6) is 0.140. The Balaban J connectivity index is 1.75. The van der Waals surface area contributed by atoms with Crippen molar-refractivity contribution in [2.75, 3.05) is 38.2 Å². The zero-order valence-electron chi connectivity index (χ0n) is 14.2. The number of benzene rings is 1. The lowest BCUT2D eigenvalue weighted by atomic mass is 10.1. The normalized spacial score (nSPS) is 15.7. The first-order valence-electron chi connectivity index (χ1n) is 8.42. The standard InChI is InChI=1S/C18H28N2O3/c1-14-5-3-6-15(2)18(14)19-13-17(22)20-9-7-16(8-10-20)23-12-4-11-21/h3,5-6,16,19,21H,4,7-13H2,1-2H3. The number of amides is 1. The van der Waals surface area contributed by atoms with Crippen LogP contribution < -0.4 is 5.32 Å². The second-order valence-corrected chi connectivity index (χ2v) is 6.15. The van der Waals surface area contributed by atoms with Gasteiger partial charge in [0.15, 0.2) is 0 Å². The Labute approximate surface area is 138 Å². The molecule has 128 valence electrons. The summed E-state index contributed by atoms with van der Waals surface area (Å²) in [6.07, 6.45) is 2.65. The van der Waals surface area contributed by atoms with Gasteiger partial charge in [0.2, 0.25) is 5.91 Å². The minimum atomic E-state index is 0.140. The molecular formula is C18H28N2O3. The average molecular weight is 320 g/mol. The van der Waals surface area contributed by atoms with Gasteiger partial charge in [-0.3, -0.25) is 4.79 Å². The maximum atomic E-state index is 12.4. The summed E-state index contributed by atoms with van der Waals surface area (Å²) in [6, 6.07) is 6.13. The number of hydrogen-bond donors (Lipinski definition) is 2. The van der Waals surface area contributed by atoms with Crippen LogP contribution in [0.4, 0.5) is 5.69 Å². The average Bonchev–Trinajstić information content (AvgIpc) is 2.55. The van der Waals surface area contributed by atoms with Crippen molar-refractivity contribution in [2.45, 2.75) is 39.2 Å². The summed E-state index contributed by atoms with van der Waals surface area (Å²) >= 11 is 0. The van der Waals surface area contributed by atoms with E-state index in [9.17, 15) is 4.79 Å². The molecule has 0 radical (unpaired) electrons. The minimum absolute atomic E-state index is 0.140. The Morgan fingerprint density at radius 2 is 1.96 bits per heavy atom. The summed E-state index contributed by atoms with van der Waals surface area (Å²) in [4.78, 5) is 14.3. The Bertz CT molecular complexity index is 491. The molecule has 1 aliphatic rings. The zero-order chi connectivity index (χ0) is 16.7. The summed E-state index contributed by atoms with van der Waals surface area (Å²) < 4.78 is 5.70. The van der Waals surface area contributed by atoms with E-state index < -0.39 is 0 Å². The number of hydrogen-bond acceptors (Lipinski definition) is 4. The highest BCUT2D eigenvalue weighted by Gasteiger charge is 2.23. The Morgan fingerprint density at radius 1 is 1.30 bits per heavy atom. The molecule has 1 aliphatic heterocycles. The van der Waals surface area contributed by atoms with Crippen molar-refractivity contribution in [3.8, 4) is 0 Å². The number of piperidine rings is 1. The molecule has 5 nitrogen and oxygen atoms in total. The molecule has 1 fully saturated rings. The van der Waals surface area contributed by atoms with E-state index in [0.29, 0.717) is 19.6 Å². The number of carbonyl (C=O) groups excluding carboxylic acids is 1. The second-order valence-electron chi connectivity index (χ2n) is 6.15. The van der Waals surface area contributed by atoms with Crippen LogP contribution >= 0.6 is 0 Å². The summed E-state index contributed by atoms with van der Waals surface area (Å²) in [6.45, 7) is 6.70. The largest absolute Gasteiger partial charge is 0.396 e. The Kier molecular flexibility index (Phi) is 6.86. The molecule has 5 heteroatoms. The first-order valence-corrected chi connectivity index (χ1v) is 8.42. The van der Waals surface area contributed by atoms with Crippen molar-refractivity contribution in [3.63, 3.8) is 0 Å². The van der Waals surface area contributed by atoms with E-state index in [1.165, 1.54) is 0 Å². The number of aliphatic hydroxyl groups excluding tert-OH is 1. The first-order chi connectivity index (χ1) is 11.1. The van der Waals surface area contributed by atoms with Gasteiger partial charge in [-0.25, -0.2) is 0 Å². The third-order valence-corrected chi connectivity index (χ3v) is 4.35. The van der Waals surface area contributed by atoms with Gasteiger partial charge in [0.25, 0.3) is 0 Å². The van der Waals surface area contributed by atoms with Crippen molar-refractivity contribution in [1.29, 1.82) is 0 Å². The lowest BCUT2D eigenvalue weighted by molar-refractivity contribution is -0.131. The van der Waals surface area contributed by atoms with Crippen LogP contribution in [0.5, 0.6) is 0 Å². The van der Waals surface area contributed by atoms with Crippen LogP contribution in [-0.2, 0) is 9.53 Å². The molecule has 2 N–H and O–H groups in total. The highest BCUT2D eigenvalue weighted by atomic mass is 16.5. The molecule has 0 atom stereocenters. The van der Waals surface area contributed by atoms with Gasteiger partial charge in [-0.2, -0.15) is 0 Å². The van der Waals surface area contributed by atoms with Gasteiger partial charge in [0.1, 0.15) is 0 Å². The van der Waals surface area contributed by atoms with Crippen molar-refractivity contribution < 1.29 is 14.6 Å². The van der Waals surface area contributed by atoms with E-state index in [1.807, 2.05) is 11.0 Å². The van der Waals surface area contributed by atoms with Crippen molar-refractivity contribution >= 4 is 11.6 Å². The number of anilines is 1. The maximum absolute atomic E-state index is 12.4. The highest BCUT2D eigenvalue weighted by Crippen LogP contribution is 2.19. The first kappa shape index (κ1) is 17.8. The van der Waals surface area contributed by atoms with Crippen molar-refractivity contribution in [2.24, 2.45) is 0 Å². The number of ether oxygens (including phenoxy) is 1. The molecule has 1 aromatic rings. The van der Waals surface area contributed by atoms with E-state index >= 15 is 0 Å². The molecule has 23 heavy (non-hydrogen) atoms. The third kappa shape index (κ3) is 5.22. The van der Waals surface area contributed by atoms with Gasteiger partial charge in [-0.15, -0.1) is 0 Å². The van der Waals surface area contributed by atoms with E-state index in [1.54, 1.807) is 0 Å². The minimum Gasteiger partial charge on any atom is -0.396 e. The van der Waals surface area contributed by atoms with Crippen LogP contribution in [0.15, 0.2) is 18.2 Å². The number of para-hydroxylation sites is 1. The fraction of sp³-hybridized carbons (Fsp3) is 0.611. The van der Waals surface area contributed by atoms with Gasteiger partial charge < -0.3 is 20.1 Å². The molecule has 1 heterocycles. The summed E-state index contributed by atoms with van der Waals surface area (Å²) in [5, 5.41) is 12.0. The Morgan fingerprint density at radius 3 is 2.57 bits per heavy atom. The van der Waals surface area contributed by atoms with Crippen LogP contribution in [0.25, 0.3) is 0 Å². The fourth-order valence-electron chi connectivity index (χ4n) is 2.96. The van der Waals surface area contributed by atoms with Crippen LogP contribution in [0.2, 0.25) is 0 Å². The molecule has 1 aromatic carbocycles. The van der Waals surface area contributed by atoms with E-state index in [0.717, 1.165) is 42.7 Å². The third-order valence-electron chi connectivity index (χ3n) is 4.35. The van der Waals surface area contributed by atoms with Gasteiger partial charge >= 0.3 is 0 Å².